The number of methoxy groups -OCH3 is 2. The summed E-state index contributed by atoms with van der Waals surface area (Å²) in [4.78, 5) is 14.4. The van der Waals surface area contributed by atoms with Gasteiger partial charge in [-0.3, -0.25) is 9.52 Å². The standard InChI is InChI=1S/C26H27FN4O5S/c1-28-25(32)14-8-20(34-2)23(21(9-14)35-3)37(33)30-24-18-11-26(6-7-26)19-5-4-16(31-12-15(27)13-31)10-17(19)22(18)36-29-24/h4-5,8-10,15H,6-7,11-13H2,1-3H3,(H,28,32)(H,29,30). The predicted octanol–water partition coefficient (Wildman–Crippen LogP) is 3.60. The van der Waals surface area contributed by atoms with Crippen LogP contribution >= 0.6 is 0 Å². The second kappa shape index (κ2) is 8.76. The third-order valence-corrected chi connectivity index (χ3v) is 8.65. The largest absolute Gasteiger partial charge is 0.495 e. The van der Waals surface area contributed by atoms with Crippen LogP contribution in [0.15, 0.2) is 39.8 Å². The highest BCUT2D eigenvalue weighted by atomic mass is 32.2. The highest BCUT2D eigenvalue weighted by Crippen LogP contribution is 2.59. The van der Waals surface area contributed by atoms with Gasteiger partial charge in [0.1, 0.15) is 22.6 Å². The molecule has 2 N–H and O–H groups in total. The number of aromatic nitrogens is 1. The summed E-state index contributed by atoms with van der Waals surface area (Å²) in [6.45, 7) is 0.780. The van der Waals surface area contributed by atoms with Crippen molar-refractivity contribution in [2.75, 3.05) is 44.0 Å². The molecule has 2 fully saturated rings. The number of nitrogens with zero attached hydrogens (tertiary/aromatic N) is 2. The first-order valence-corrected chi connectivity index (χ1v) is 13.2. The van der Waals surface area contributed by atoms with Crippen LogP contribution in [0.25, 0.3) is 11.3 Å². The summed E-state index contributed by atoms with van der Waals surface area (Å²) in [5.41, 5.74) is 4.32. The zero-order valence-corrected chi connectivity index (χ0v) is 21.5. The van der Waals surface area contributed by atoms with Crippen LogP contribution in [0.5, 0.6) is 11.5 Å². The van der Waals surface area contributed by atoms with Gasteiger partial charge in [-0.15, -0.1) is 0 Å². The second-order valence-corrected chi connectivity index (χ2v) is 10.8. The summed E-state index contributed by atoms with van der Waals surface area (Å²) in [7, 11) is 2.57. The minimum Gasteiger partial charge on any atom is -0.495 e. The van der Waals surface area contributed by atoms with E-state index in [0.29, 0.717) is 30.2 Å². The summed E-state index contributed by atoms with van der Waals surface area (Å²) in [5, 5.41) is 6.81. The maximum atomic E-state index is 13.6. The summed E-state index contributed by atoms with van der Waals surface area (Å²) in [6, 6.07) is 9.27. The summed E-state index contributed by atoms with van der Waals surface area (Å²) >= 11 is 0. The highest BCUT2D eigenvalue weighted by molar-refractivity contribution is 7.86. The quantitative estimate of drug-likeness (QED) is 0.485. The van der Waals surface area contributed by atoms with Crippen LogP contribution < -0.4 is 24.4 Å². The predicted molar refractivity (Wildman–Crippen MR) is 137 cm³/mol. The van der Waals surface area contributed by atoms with E-state index < -0.39 is 17.2 Å². The smallest absolute Gasteiger partial charge is 0.251 e. The van der Waals surface area contributed by atoms with E-state index in [-0.39, 0.29) is 27.7 Å². The molecule has 37 heavy (non-hydrogen) atoms. The van der Waals surface area contributed by atoms with Crippen molar-refractivity contribution in [1.29, 1.82) is 0 Å². The number of halogens is 1. The second-order valence-electron chi connectivity index (χ2n) is 9.69. The van der Waals surface area contributed by atoms with Crippen molar-refractivity contribution in [3.05, 3.63) is 47.0 Å². The lowest BCUT2D eigenvalue weighted by molar-refractivity contribution is 0.0962. The minimum absolute atomic E-state index is 0.00640. The number of amides is 1. The highest BCUT2D eigenvalue weighted by Gasteiger charge is 2.50. The molecule has 2 heterocycles. The van der Waals surface area contributed by atoms with E-state index >= 15 is 0 Å². The number of alkyl halides is 1. The van der Waals surface area contributed by atoms with Crippen LogP contribution in [-0.4, -0.2) is 55.8 Å². The maximum absolute atomic E-state index is 13.6. The van der Waals surface area contributed by atoms with E-state index in [1.807, 2.05) is 4.90 Å². The summed E-state index contributed by atoms with van der Waals surface area (Å²) < 4.78 is 46.7. The van der Waals surface area contributed by atoms with Crippen molar-refractivity contribution in [3.63, 3.8) is 0 Å². The Bertz CT molecular complexity index is 1410. The van der Waals surface area contributed by atoms with Crippen molar-refractivity contribution in [2.24, 2.45) is 0 Å². The SMILES string of the molecule is CNC(=O)c1cc(OC)c(S(=O)Nc2noc3c2CC2(CC2)c2ccc(N4CC(F)C4)cc2-3)c(OC)c1. The van der Waals surface area contributed by atoms with Gasteiger partial charge < -0.3 is 24.2 Å². The van der Waals surface area contributed by atoms with E-state index in [1.165, 1.54) is 39.0 Å². The maximum Gasteiger partial charge on any atom is 0.251 e. The molecule has 3 aromatic rings. The van der Waals surface area contributed by atoms with Crippen LogP contribution in [0.1, 0.15) is 34.3 Å². The fraction of sp³-hybridized carbons (Fsp3) is 0.385. The van der Waals surface area contributed by atoms with E-state index in [4.69, 9.17) is 14.0 Å². The molecular weight excluding hydrogens is 499 g/mol. The van der Waals surface area contributed by atoms with Gasteiger partial charge in [0.25, 0.3) is 5.91 Å². The molecule has 3 aliphatic rings. The Morgan fingerprint density at radius 2 is 1.89 bits per heavy atom. The first-order valence-electron chi connectivity index (χ1n) is 12.1. The lowest BCUT2D eigenvalue weighted by atomic mass is 9.79. The molecule has 2 aromatic carbocycles. The normalized spacial score (nSPS) is 17.9. The average molecular weight is 527 g/mol. The fourth-order valence-corrected chi connectivity index (χ4v) is 6.38. The lowest BCUT2D eigenvalue weighted by Gasteiger charge is -2.37. The van der Waals surface area contributed by atoms with Crippen molar-refractivity contribution in [3.8, 4) is 22.8 Å². The third-order valence-electron chi connectivity index (χ3n) is 7.50. The first kappa shape index (κ1) is 23.8. The van der Waals surface area contributed by atoms with Crippen molar-refractivity contribution >= 4 is 28.4 Å². The fourth-order valence-electron chi connectivity index (χ4n) is 5.29. The number of benzene rings is 2. The Morgan fingerprint density at radius 3 is 2.49 bits per heavy atom. The molecule has 1 aliphatic heterocycles. The van der Waals surface area contributed by atoms with Gasteiger partial charge in [0.2, 0.25) is 0 Å². The Labute approximate surface area is 215 Å². The molecule has 9 nitrogen and oxygen atoms in total. The molecule has 0 bridgehead atoms. The van der Waals surface area contributed by atoms with E-state index in [0.717, 1.165) is 36.1 Å². The van der Waals surface area contributed by atoms with Gasteiger partial charge in [0.05, 0.1) is 27.3 Å². The molecule has 11 heteroatoms. The minimum atomic E-state index is -1.83. The van der Waals surface area contributed by atoms with Crippen molar-refractivity contribution < 1.29 is 27.4 Å². The van der Waals surface area contributed by atoms with Gasteiger partial charge in [-0.25, -0.2) is 8.60 Å². The van der Waals surface area contributed by atoms with Gasteiger partial charge in [0, 0.05) is 34.8 Å². The summed E-state index contributed by atoms with van der Waals surface area (Å²) in [6.07, 6.45) is 2.02. The molecule has 1 spiro atoms. The van der Waals surface area contributed by atoms with Gasteiger partial charge in [-0.1, -0.05) is 11.2 Å². The van der Waals surface area contributed by atoms with E-state index in [2.05, 4.69) is 33.4 Å². The number of ether oxygens (including phenoxy) is 2. The monoisotopic (exact) mass is 526 g/mol. The van der Waals surface area contributed by atoms with Gasteiger partial charge in [-0.2, -0.15) is 0 Å². The number of fused-ring (bicyclic) bond motifs is 4. The molecule has 1 amide bonds. The zero-order valence-electron chi connectivity index (χ0n) is 20.7. The Balaban J connectivity index is 1.35. The molecule has 194 valence electrons. The van der Waals surface area contributed by atoms with Crippen molar-refractivity contribution in [2.45, 2.75) is 35.7 Å². The molecule has 1 saturated heterocycles. The Hall–Kier alpha value is -3.60. The number of anilines is 2. The molecule has 6 rings (SSSR count). The third kappa shape index (κ3) is 3.83. The number of nitrogens with one attached hydrogen (secondary N) is 2. The van der Waals surface area contributed by atoms with Crippen LogP contribution in [0.4, 0.5) is 15.9 Å². The van der Waals surface area contributed by atoms with Crippen LogP contribution in [0.2, 0.25) is 0 Å². The van der Waals surface area contributed by atoms with E-state index in [1.54, 1.807) is 0 Å². The molecule has 1 atom stereocenters. The summed E-state index contributed by atoms with van der Waals surface area (Å²) in [5.74, 6) is 1.20. The molecule has 1 aromatic heterocycles. The zero-order chi connectivity index (χ0) is 25.9. The molecular formula is C26H27FN4O5S. The number of hydrogen-bond donors (Lipinski definition) is 2. The topological polar surface area (TPSA) is 106 Å². The van der Waals surface area contributed by atoms with Gasteiger partial charge in [-0.05, 0) is 49.1 Å². The van der Waals surface area contributed by atoms with Crippen LogP contribution in [-0.2, 0) is 22.8 Å². The van der Waals surface area contributed by atoms with Gasteiger partial charge >= 0.3 is 0 Å². The number of carbonyl (C=O) groups is 1. The number of carbonyl (C=O) groups excluding carboxylic acids is 1. The van der Waals surface area contributed by atoms with Crippen molar-refractivity contribution in [1.82, 2.24) is 10.5 Å². The van der Waals surface area contributed by atoms with Gasteiger partial charge in [0.15, 0.2) is 22.6 Å². The first-order chi connectivity index (χ1) is 17.9. The van der Waals surface area contributed by atoms with Crippen LogP contribution in [0.3, 0.4) is 0 Å². The molecule has 1 unspecified atom stereocenters. The number of rotatable bonds is 7. The molecule has 1 saturated carbocycles. The van der Waals surface area contributed by atoms with E-state index in [9.17, 15) is 13.4 Å². The molecule has 0 radical (unpaired) electrons. The van der Waals surface area contributed by atoms with Crippen LogP contribution in [0, 0.1) is 0 Å². The average Bonchev–Trinajstić information content (AvgIpc) is 3.56. The Kier molecular flexibility index (Phi) is 5.63. The lowest BCUT2D eigenvalue weighted by Crippen LogP contribution is -2.48. The number of hydrogen-bond acceptors (Lipinski definition) is 7. The Morgan fingerprint density at radius 1 is 1.19 bits per heavy atom. The molecule has 2 aliphatic carbocycles.